The number of hydrogen-bond acceptors (Lipinski definition) is 8. The fourth-order valence-electron chi connectivity index (χ4n) is 3.42. The molecule has 2 aromatic heterocycles. The quantitative estimate of drug-likeness (QED) is 0.301. The zero-order valence-electron chi connectivity index (χ0n) is 16.7. The first kappa shape index (κ1) is 19.1. The second kappa shape index (κ2) is 7.73. The summed E-state index contributed by atoms with van der Waals surface area (Å²) in [6.45, 7) is 0. The van der Waals surface area contributed by atoms with Crippen molar-refractivity contribution in [2.45, 2.75) is 0 Å². The van der Waals surface area contributed by atoms with Gasteiger partial charge in [0, 0.05) is 11.5 Å². The highest BCUT2D eigenvalue weighted by Crippen LogP contribution is 2.34. The molecule has 5 rings (SSSR count). The average molecular weight is 431 g/mol. The van der Waals surface area contributed by atoms with Gasteiger partial charge in [0.2, 0.25) is 5.13 Å². The molecule has 3 aromatic carbocycles. The smallest absolute Gasteiger partial charge is 0.346 e. The van der Waals surface area contributed by atoms with Crippen LogP contribution in [0, 0.1) is 0 Å². The van der Waals surface area contributed by atoms with Crippen LogP contribution in [0.25, 0.3) is 32.3 Å². The zero-order valence-corrected chi connectivity index (χ0v) is 17.5. The lowest BCUT2D eigenvalue weighted by molar-refractivity contribution is 0.395. The monoisotopic (exact) mass is 431 g/mol. The van der Waals surface area contributed by atoms with E-state index in [1.54, 1.807) is 20.3 Å². The number of rotatable bonds is 5. The third kappa shape index (κ3) is 3.47. The number of fused-ring (bicyclic) bond motifs is 3. The van der Waals surface area contributed by atoms with Crippen molar-refractivity contribution >= 4 is 43.9 Å². The Balaban J connectivity index is 1.54. The Morgan fingerprint density at radius 3 is 2.65 bits per heavy atom. The summed E-state index contributed by atoms with van der Waals surface area (Å²) in [4.78, 5) is 12.6. The SMILES string of the molecule is COc1ccc(Nc2nnc(-c3cc4c(ccc5ccccc54)oc3=O)s2)c(OC)c1. The maximum atomic E-state index is 12.6. The number of aromatic nitrogens is 2. The van der Waals surface area contributed by atoms with Crippen molar-refractivity contribution in [1.82, 2.24) is 10.2 Å². The Morgan fingerprint density at radius 1 is 0.935 bits per heavy atom. The maximum absolute atomic E-state index is 12.6. The van der Waals surface area contributed by atoms with Gasteiger partial charge in [-0.3, -0.25) is 0 Å². The van der Waals surface area contributed by atoms with E-state index in [2.05, 4.69) is 15.5 Å². The van der Waals surface area contributed by atoms with Crippen molar-refractivity contribution < 1.29 is 13.9 Å². The molecule has 0 saturated heterocycles. The van der Waals surface area contributed by atoms with E-state index < -0.39 is 5.63 Å². The lowest BCUT2D eigenvalue weighted by Gasteiger charge is -2.10. The summed E-state index contributed by atoms with van der Waals surface area (Å²) in [5, 5.41) is 15.5. The number of anilines is 2. The van der Waals surface area contributed by atoms with Crippen molar-refractivity contribution in [3.8, 4) is 22.1 Å². The van der Waals surface area contributed by atoms with Gasteiger partial charge in [-0.25, -0.2) is 4.79 Å². The first-order chi connectivity index (χ1) is 15.2. The van der Waals surface area contributed by atoms with Crippen LogP contribution < -0.4 is 20.4 Å². The highest BCUT2D eigenvalue weighted by molar-refractivity contribution is 7.18. The van der Waals surface area contributed by atoms with Crippen molar-refractivity contribution in [3.63, 3.8) is 0 Å². The van der Waals surface area contributed by atoms with Crippen molar-refractivity contribution in [3.05, 3.63) is 71.1 Å². The predicted molar refractivity (Wildman–Crippen MR) is 122 cm³/mol. The van der Waals surface area contributed by atoms with Crippen LogP contribution in [0.3, 0.4) is 0 Å². The molecule has 0 spiro atoms. The summed E-state index contributed by atoms with van der Waals surface area (Å²) in [6, 6.07) is 19.0. The standard InChI is InChI=1S/C23H17N3O4S/c1-28-14-8-9-18(20(11-14)29-2)24-23-26-25-21(31-23)17-12-16-15-6-4-3-5-13(15)7-10-19(16)30-22(17)27/h3-12H,1-2H3,(H,24,26). The topological polar surface area (TPSA) is 86.5 Å². The van der Waals surface area contributed by atoms with E-state index in [4.69, 9.17) is 13.9 Å². The lowest BCUT2D eigenvalue weighted by atomic mass is 10.0. The maximum Gasteiger partial charge on any atom is 0.346 e. The van der Waals surface area contributed by atoms with E-state index in [1.807, 2.05) is 54.6 Å². The fraction of sp³-hybridized carbons (Fsp3) is 0.0870. The number of nitrogens with zero attached hydrogens (tertiary/aromatic N) is 2. The fourth-order valence-corrected chi connectivity index (χ4v) is 4.18. The molecule has 0 atom stereocenters. The minimum absolute atomic E-state index is 0.371. The third-order valence-electron chi connectivity index (χ3n) is 4.95. The Bertz CT molecular complexity index is 1480. The van der Waals surface area contributed by atoms with Crippen LogP contribution in [0.4, 0.5) is 10.8 Å². The van der Waals surface area contributed by atoms with Crippen LogP contribution in [-0.4, -0.2) is 24.4 Å². The van der Waals surface area contributed by atoms with Gasteiger partial charge >= 0.3 is 5.63 Å². The van der Waals surface area contributed by atoms with Crippen LogP contribution in [0.5, 0.6) is 11.5 Å². The molecule has 5 aromatic rings. The number of ether oxygens (including phenoxy) is 2. The van der Waals surface area contributed by atoms with Crippen LogP contribution in [0.2, 0.25) is 0 Å². The Morgan fingerprint density at radius 2 is 1.81 bits per heavy atom. The molecular weight excluding hydrogens is 414 g/mol. The highest BCUT2D eigenvalue weighted by atomic mass is 32.1. The van der Waals surface area contributed by atoms with Gasteiger partial charge in [-0.1, -0.05) is 41.7 Å². The van der Waals surface area contributed by atoms with Gasteiger partial charge < -0.3 is 19.2 Å². The van der Waals surface area contributed by atoms with E-state index in [9.17, 15) is 4.79 Å². The molecule has 8 heteroatoms. The van der Waals surface area contributed by atoms with Gasteiger partial charge in [0.15, 0.2) is 5.01 Å². The van der Waals surface area contributed by atoms with Gasteiger partial charge in [-0.05, 0) is 35.0 Å². The minimum atomic E-state index is -0.451. The van der Waals surface area contributed by atoms with Crippen molar-refractivity contribution in [2.24, 2.45) is 0 Å². The molecule has 154 valence electrons. The third-order valence-corrected chi connectivity index (χ3v) is 5.82. The number of nitrogens with one attached hydrogen (secondary N) is 1. The van der Waals surface area contributed by atoms with Crippen molar-refractivity contribution in [2.75, 3.05) is 19.5 Å². The number of benzene rings is 3. The Labute approximate surface area is 180 Å². The number of methoxy groups -OCH3 is 2. The molecule has 0 saturated carbocycles. The van der Waals surface area contributed by atoms with Crippen LogP contribution in [0.15, 0.2) is 69.9 Å². The summed E-state index contributed by atoms with van der Waals surface area (Å²) < 4.78 is 16.2. The Kier molecular flexibility index (Phi) is 4.76. The summed E-state index contributed by atoms with van der Waals surface area (Å²) in [6.07, 6.45) is 0. The molecule has 0 aliphatic carbocycles. The van der Waals surface area contributed by atoms with Gasteiger partial charge in [0.25, 0.3) is 0 Å². The second-order valence-corrected chi connectivity index (χ2v) is 7.73. The van der Waals surface area contributed by atoms with E-state index in [1.165, 1.54) is 11.3 Å². The largest absolute Gasteiger partial charge is 0.497 e. The first-order valence-corrected chi connectivity index (χ1v) is 10.3. The predicted octanol–water partition coefficient (Wildman–Crippen LogP) is 5.23. The van der Waals surface area contributed by atoms with E-state index in [-0.39, 0.29) is 0 Å². The molecule has 1 N–H and O–H groups in total. The molecule has 0 unspecified atom stereocenters. The Hall–Kier alpha value is -3.91. The molecule has 0 aliphatic heterocycles. The summed E-state index contributed by atoms with van der Waals surface area (Å²) in [5.74, 6) is 1.29. The minimum Gasteiger partial charge on any atom is -0.497 e. The molecule has 7 nitrogen and oxygen atoms in total. The van der Waals surface area contributed by atoms with E-state index >= 15 is 0 Å². The molecule has 0 bridgehead atoms. The molecule has 0 aliphatic rings. The second-order valence-electron chi connectivity index (χ2n) is 6.75. The van der Waals surface area contributed by atoms with E-state index in [0.717, 1.165) is 16.2 Å². The van der Waals surface area contributed by atoms with Gasteiger partial charge in [-0.2, -0.15) is 0 Å². The summed E-state index contributed by atoms with van der Waals surface area (Å²) in [7, 11) is 3.17. The van der Waals surface area contributed by atoms with Gasteiger partial charge in [0.05, 0.1) is 25.5 Å². The van der Waals surface area contributed by atoms with E-state index in [0.29, 0.717) is 38.5 Å². The summed E-state index contributed by atoms with van der Waals surface area (Å²) in [5.41, 5.74) is 1.17. The van der Waals surface area contributed by atoms with Gasteiger partial charge in [-0.15, -0.1) is 10.2 Å². The normalized spacial score (nSPS) is 11.0. The van der Waals surface area contributed by atoms with Crippen molar-refractivity contribution in [1.29, 1.82) is 0 Å². The average Bonchev–Trinajstić information content (AvgIpc) is 3.27. The van der Waals surface area contributed by atoms with Crippen LogP contribution in [-0.2, 0) is 0 Å². The molecule has 0 radical (unpaired) electrons. The zero-order chi connectivity index (χ0) is 21.4. The lowest BCUT2D eigenvalue weighted by Crippen LogP contribution is -2.02. The molecule has 0 amide bonds. The molecular formula is C23H17N3O4S. The molecule has 0 fully saturated rings. The molecule has 31 heavy (non-hydrogen) atoms. The highest BCUT2D eigenvalue weighted by Gasteiger charge is 2.15. The summed E-state index contributed by atoms with van der Waals surface area (Å²) >= 11 is 1.26. The molecule has 2 heterocycles. The first-order valence-electron chi connectivity index (χ1n) is 9.45. The van der Waals surface area contributed by atoms with Crippen LogP contribution in [0.1, 0.15) is 0 Å². The van der Waals surface area contributed by atoms with Crippen LogP contribution >= 0.6 is 11.3 Å². The number of hydrogen-bond donors (Lipinski definition) is 1. The van der Waals surface area contributed by atoms with Gasteiger partial charge in [0.1, 0.15) is 17.1 Å².